The number of carbonyl (C=O) groups excluding carboxylic acids is 2. The number of aliphatic hydroxyl groups is 2. The summed E-state index contributed by atoms with van der Waals surface area (Å²) in [6, 6.07) is -0.0565. The standard InChI is InChI=1S/C22H27F3N8O5/c1-38-11-5-9(4-10(6-11)22(23,24)25)18(37)28-13-8-33-20(27)29-12(7-32-14(34)2-3-15(32)35)16-21(33,17(13)36)31-19(26)30-16/h4-6,12-14,16-17,34,36H,2-3,7-8H2,1H3,(H2,27,29)(H,28,37)(H3,26,30,31). The first kappa shape index (κ1) is 25.8. The van der Waals surface area contributed by atoms with Crippen LogP contribution in [-0.4, -0.2) is 100 Å². The van der Waals surface area contributed by atoms with Crippen molar-refractivity contribution in [3.63, 3.8) is 0 Å². The third-order valence-corrected chi connectivity index (χ3v) is 7.38. The summed E-state index contributed by atoms with van der Waals surface area (Å²) in [4.78, 5) is 36.9. The van der Waals surface area contributed by atoms with Crippen LogP contribution in [0.4, 0.5) is 13.2 Å². The summed E-state index contributed by atoms with van der Waals surface area (Å²) in [6.45, 7) is -0.101. The monoisotopic (exact) mass is 540 g/mol. The first-order valence-electron chi connectivity index (χ1n) is 11.8. The van der Waals surface area contributed by atoms with Crippen LogP contribution in [0.15, 0.2) is 28.2 Å². The number of methoxy groups -OCH3 is 1. The fourth-order valence-corrected chi connectivity index (χ4v) is 5.59. The first-order valence-corrected chi connectivity index (χ1v) is 11.8. The minimum absolute atomic E-state index is 0.0266. The van der Waals surface area contributed by atoms with Crippen LogP contribution in [0.2, 0.25) is 0 Å². The van der Waals surface area contributed by atoms with Crippen molar-refractivity contribution in [2.75, 3.05) is 20.2 Å². The van der Waals surface area contributed by atoms with E-state index in [4.69, 9.17) is 16.2 Å². The van der Waals surface area contributed by atoms with Gasteiger partial charge in [-0.05, 0) is 18.2 Å². The van der Waals surface area contributed by atoms with Gasteiger partial charge in [0.2, 0.25) is 5.91 Å². The highest BCUT2D eigenvalue weighted by molar-refractivity contribution is 5.95. The molecule has 13 nitrogen and oxygen atoms in total. The Bertz CT molecular complexity index is 1230. The van der Waals surface area contributed by atoms with Crippen LogP contribution in [0.25, 0.3) is 0 Å². The number of likely N-dealkylation sites (tertiary alicyclic amines) is 1. The number of hydrogen-bond donors (Lipinski definition) is 6. The molecule has 8 N–H and O–H groups in total. The van der Waals surface area contributed by atoms with Crippen LogP contribution in [0.3, 0.4) is 0 Å². The van der Waals surface area contributed by atoms with Crippen LogP contribution < -0.4 is 26.8 Å². The average molecular weight is 541 g/mol. The van der Waals surface area contributed by atoms with Gasteiger partial charge in [0.25, 0.3) is 5.91 Å². The van der Waals surface area contributed by atoms with Gasteiger partial charge in [0.15, 0.2) is 17.6 Å². The number of nitrogens with one attached hydrogen (secondary N) is 2. The van der Waals surface area contributed by atoms with Gasteiger partial charge in [-0.1, -0.05) is 0 Å². The van der Waals surface area contributed by atoms with Crippen molar-refractivity contribution in [3.05, 3.63) is 29.3 Å². The number of aliphatic imine (C=N–C) groups is 2. The summed E-state index contributed by atoms with van der Waals surface area (Å²) < 4.78 is 44.9. The van der Waals surface area contributed by atoms with Gasteiger partial charge in [-0.2, -0.15) is 13.2 Å². The normalized spacial score (nSPS) is 32.4. The molecule has 4 aliphatic rings. The molecule has 2 fully saturated rings. The Morgan fingerprint density at radius 3 is 2.66 bits per heavy atom. The summed E-state index contributed by atoms with van der Waals surface area (Å²) in [5.41, 5.74) is 9.38. The molecule has 1 spiro atoms. The summed E-state index contributed by atoms with van der Waals surface area (Å²) in [5, 5.41) is 27.2. The maximum Gasteiger partial charge on any atom is 0.416 e. The zero-order valence-electron chi connectivity index (χ0n) is 20.1. The van der Waals surface area contributed by atoms with E-state index in [1.807, 2.05) is 0 Å². The Balaban J connectivity index is 1.41. The Morgan fingerprint density at radius 1 is 1.29 bits per heavy atom. The molecular formula is C22H27F3N8O5. The van der Waals surface area contributed by atoms with Crippen molar-refractivity contribution < 1.29 is 37.7 Å². The van der Waals surface area contributed by atoms with E-state index in [2.05, 4.69) is 20.6 Å². The molecule has 6 unspecified atom stereocenters. The molecule has 206 valence electrons. The van der Waals surface area contributed by atoms with Gasteiger partial charge in [-0.15, -0.1) is 0 Å². The third kappa shape index (κ3) is 4.03. The summed E-state index contributed by atoms with van der Waals surface area (Å²) in [7, 11) is 1.18. The molecule has 38 heavy (non-hydrogen) atoms. The Morgan fingerprint density at radius 2 is 2.03 bits per heavy atom. The summed E-state index contributed by atoms with van der Waals surface area (Å²) in [5.74, 6) is -1.36. The van der Waals surface area contributed by atoms with Crippen molar-refractivity contribution in [2.24, 2.45) is 21.5 Å². The van der Waals surface area contributed by atoms with Crippen molar-refractivity contribution in [1.29, 1.82) is 0 Å². The zero-order chi connectivity index (χ0) is 27.6. The van der Waals surface area contributed by atoms with E-state index in [1.54, 1.807) is 0 Å². The topological polar surface area (TPSA) is 191 Å². The number of ether oxygens (including phenoxy) is 1. The van der Waals surface area contributed by atoms with Crippen LogP contribution in [0.5, 0.6) is 5.75 Å². The molecule has 0 radical (unpaired) electrons. The number of amides is 2. The maximum absolute atomic E-state index is 13.3. The largest absolute Gasteiger partial charge is 0.497 e. The molecule has 0 aliphatic carbocycles. The lowest BCUT2D eigenvalue weighted by molar-refractivity contribution is -0.137. The number of alkyl halides is 3. The van der Waals surface area contributed by atoms with E-state index in [1.165, 1.54) is 16.9 Å². The van der Waals surface area contributed by atoms with Crippen LogP contribution in [-0.2, 0) is 11.0 Å². The molecule has 0 bridgehead atoms. The molecule has 5 rings (SSSR count). The van der Waals surface area contributed by atoms with Crippen LogP contribution in [0, 0.1) is 0 Å². The van der Waals surface area contributed by atoms with E-state index in [0.717, 1.165) is 12.1 Å². The SMILES string of the molecule is COc1cc(C(=O)NC2CN3C(N)=NC(CN4C(=O)CCC4O)C4N=C(N)NC43C2O)cc(C(F)(F)F)c1. The molecule has 6 atom stereocenters. The number of rotatable bonds is 5. The predicted octanol–water partition coefficient (Wildman–Crippen LogP) is -1.89. The van der Waals surface area contributed by atoms with Crippen molar-refractivity contribution in [1.82, 2.24) is 20.4 Å². The van der Waals surface area contributed by atoms with Crippen molar-refractivity contribution in [3.8, 4) is 5.75 Å². The highest BCUT2D eigenvalue weighted by atomic mass is 19.4. The van der Waals surface area contributed by atoms with Crippen LogP contribution in [0.1, 0.15) is 28.8 Å². The second kappa shape index (κ2) is 8.90. The molecule has 4 aliphatic heterocycles. The number of hydrogen-bond acceptors (Lipinski definition) is 11. The fraction of sp³-hybridized carbons (Fsp3) is 0.545. The van der Waals surface area contributed by atoms with Gasteiger partial charge in [0.1, 0.15) is 24.1 Å². The second-order valence-corrected chi connectivity index (χ2v) is 9.61. The van der Waals surface area contributed by atoms with E-state index < -0.39 is 53.8 Å². The maximum atomic E-state index is 13.3. The summed E-state index contributed by atoms with van der Waals surface area (Å²) in [6.07, 6.45) is -6.66. The minimum Gasteiger partial charge on any atom is -0.497 e. The highest BCUT2D eigenvalue weighted by Gasteiger charge is 2.65. The Hall–Kier alpha value is -3.79. The molecular weight excluding hydrogens is 513 g/mol. The van der Waals surface area contributed by atoms with Gasteiger partial charge in [0.05, 0.1) is 24.8 Å². The number of benzene rings is 1. The number of halogens is 3. The predicted molar refractivity (Wildman–Crippen MR) is 126 cm³/mol. The molecule has 16 heteroatoms. The highest BCUT2D eigenvalue weighted by Crippen LogP contribution is 2.40. The Labute approximate surface area is 214 Å². The minimum atomic E-state index is -4.71. The smallest absolute Gasteiger partial charge is 0.416 e. The Kier molecular flexibility index (Phi) is 6.05. The molecule has 1 aromatic carbocycles. The lowest BCUT2D eigenvalue weighted by Gasteiger charge is -2.47. The van der Waals surface area contributed by atoms with E-state index in [-0.39, 0.29) is 55.1 Å². The van der Waals surface area contributed by atoms with Gasteiger partial charge in [-0.25, -0.2) is 9.98 Å². The first-order chi connectivity index (χ1) is 17.8. The van der Waals surface area contributed by atoms with E-state index in [0.29, 0.717) is 6.07 Å². The average Bonchev–Trinajstić information content (AvgIpc) is 3.47. The van der Waals surface area contributed by atoms with Gasteiger partial charge < -0.3 is 46.9 Å². The second-order valence-electron chi connectivity index (χ2n) is 9.61. The zero-order valence-corrected chi connectivity index (χ0v) is 20.1. The molecule has 0 saturated carbocycles. The number of nitrogens with two attached hydrogens (primary N) is 2. The molecule has 0 aromatic heterocycles. The number of carbonyl (C=O) groups is 2. The quantitative estimate of drug-likeness (QED) is 0.248. The van der Waals surface area contributed by atoms with Gasteiger partial charge >= 0.3 is 6.18 Å². The van der Waals surface area contributed by atoms with Crippen molar-refractivity contribution in [2.45, 2.75) is 55.1 Å². The lowest BCUT2D eigenvalue weighted by atomic mass is 9.87. The lowest BCUT2D eigenvalue weighted by Crippen LogP contribution is -2.73. The number of nitrogens with zero attached hydrogens (tertiary/aromatic N) is 4. The van der Waals surface area contributed by atoms with Crippen LogP contribution >= 0.6 is 0 Å². The van der Waals surface area contributed by atoms with E-state index >= 15 is 0 Å². The number of guanidine groups is 2. The molecule has 2 saturated heterocycles. The van der Waals surface area contributed by atoms with Gasteiger partial charge in [-0.3, -0.25) is 9.59 Å². The van der Waals surface area contributed by atoms with Gasteiger partial charge in [0, 0.05) is 31.5 Å². The fourth-order valence-electron chi connectivity index (χ4n) is 5.59. The molecule has 4 heterocycles. The molecule has 2 amide bonds. The third-order valence-electron chi connectivity index (χ3n) is 7.38. The van der Waals surface area contributed by atoms with Crippen molar-refractivity contribution >= 4 is 23.7 Å². The number of aliphatic hydroxyl groups excluding tert-OH is 2. The van der Waals surface area contributed by atoms with E-state index in [9.17, 15) is 33.0 Å². The molecule has 1 aromatic rings. The summed E-state index contributed by atoms with van der Waals surface area (Å²) >= 11 is 0.